The van der Waals surface area contributed by atoms with Gasteiger partial charge >= 0.3 is 0 Å². The number of hydrogen-bond donors (Lipinski definition) is 2. The van der Waals surface area contributed by atoms with Gasteiger partial charge in [-0.3, -0.25) is 4.79 Å². The number of rotatable bonds is 6. The Morgan fingerprint density at radius 1 is 1.38 bits per heavy atom. The average Bonchev–Trinajstić information content (AvgIpc) is 2.97. The number of nitrogens with one attached hydrogen (secondary N) is 2. The van der Waals surface area contributed by atoms with E-state index in [1.165, 1.54) is 24.0 Å². The van der Waals surface area contributed by atoms with E-state index in [1.807, 2.05) is 0 Å². The smallest absolute Gasteiger partial charge is 0.230 e. The lowest BCUT2D eigenvalue weighted by Crippen LogP contribution is -2.27. The minimum absolute atomic E-state index is 0.136. The van der Waals surface area contributed by atoms with Crippen LogP contribution in [0.4, 0.5) is 4.39 Å². The zero-order valence-corrected chi connectivity index (χ0v) is 14.1. The van der Waals surface area contributed by atoms with Gasteiger partial charge in [0.1, 0.15) is 5.82 Å². The molecule has 3 aromatic rings. The van der Waals surface area contributed by atoms with E-state index in [4.69, 9.17) is 11.6 Å². The van der Waals surface area contributed by atoms with Gasteiger partial charge in [0.05, 0.1) is 16.3 Å². The van der Waals surface area contributed by atoms with Crippen LogP contribution in [0.3, 0.4) is 0 Å². The Labute approximate surface area is 147 Å². The lowest BCUT2D eigenvalue weighted by molar-refractivity contribution is -0.118. The molecule has 0 atom stereocenters. The Balaban J connectivity index is 1.47. The lowest BCUT2D eigenvalue weighted by Gasteiger charge is -2.05. The van der Waals surface area contributed by atoms with E-state index in [0.717, 1.165) is 5.52 Å². The number of carbonyl (C=O) groups is 1. The number of aromatic nitrogens is 3. The molecule has 0 bridgehead atoms. The minimum Gasteiger partial charge on any atom is -0.355 e. The number of amides is 1. The molecule has 1 amide bonds. The van der Waals surface area contributed by atoms with E-state index in [-0.39, 0.29) is 17.5 Å². The summed E-state index contributed by atoms with van der Waals surface area (Å²) >= 11 is 7.14. The highest BCUT2D eigenvalue weighted by Crippen LogP contribution is 2.20. The first-order valence-electron chi connectivity index (χ1n) is 7.26. The van der Waals surface area contributed by atoms with Crippen LogP contribution in [0.2, 0.25) is 5.02 Å². The molecule has 124 valence electrons. The molecule has 0 fully saturated rings. The number of H-pyrrole nitrogens is 1. The van der Waals surface area contributed by atoms with Crippen LogP contribution in [0.5, 0.6) is 0 Å². The molecule has 0 unspecified atom stereocenters. The van der Waals surface area contributed by atoms with Crippen molar-refractivity contribution >= 4 is 40.4 Å². The second kappa shape index (κ2) is 7.63. The molecule has 0 saturated heterocycles. The van der Waals surface area contributed by atoms with Gasteiger partial charge in [0.25, 0.3) is 0 Å². The summed E-state index contributed by atoms with van der Waals surface area (Å²) in [4.78, 5) is 23.3. The number of fused-ring (bicyclic) bond motifs is 1. The fraction of sp³-hybridized carbons (Fsp3) is 0.188. The standard InChI is InChI=1S/C16H14ClFN4OS/c17-11-7-13-15(20-8-11)22-16(21-13)24-9-14(23)19-6-5-10-3-1-2-4-12(10)18/h1-4,7-8H,5-6,9H2,(H,19,23)(H,20,21,22). The maximum Gasteiger partial charge on any atom is 0.230 e. The van der Waals surface area contributed by atoms with Crippen molar-refractivity contribution < 1.29 is 9.18 Å². The van der Waals surface area contributed by atoms with Gasteiger partial charge in [-0.15, -0.1) is 0 Å². The zero-order valence-electron chi connectivity index (χ0n) is 12.6. The number of aromatic amines is 1. The first kappa shape index (κ1) is 16.7. The third-order valence-electron chi connectivity index (χ3n) is 3.30. The van der Waals surface area contributed by atoms with Gasteiger partial charge in [0.2, 0.25) is 5.91 Å². The first-order valence-corrected chi connectivity index (χ1v) is 8.62. The first-order chi connectivity index (χ1) is 11.6. The van der Waals surface area contributed by atoms with Gasteiger partial charge < -0.3 is 10.3 Å². The number of carbonyl (C=O) groups excluding carboxylic acids is 1. The quantitative estimate of drug-likeness (QED) is 0.659. The van der Waals surface area contributed by atoms with Crippen molar-refractivity contribution in [2.75, 3.05) is 12.3 Å². The Bertz CT molecular complexity index is 870. The summed E-state index contributed by atoms with van der Waals surface area (Å²) in [5.41, 5.74) is 1.87. The molecule has 24 heavy (non-hydrogen) atoms. The molecule has 0 aliphatic carbocycles. The molecule has 0 saturated carbocycles. The normalized spacial score (nSPS) is 10.9. The van der Waals surface area contributed by atoms with E-state index in [0.29, 0.717) is 34.4 Å². The summed E-state index contributed by atoms with van der Waals surface area (Å²) in [6, 6.07) is 8.27. The number of hydrogen-bond acceptors (Lipinski definition) is 4. The van der Waals surface area contributed by atoms with Crippen molar-refractivity contribution in [2.45, 2.75) is 11.6 Å². The minimum atomic E-state index is -0.255. The van der Waals surface area contributed by atoms with Gasteiger partial charge in [0, 0.05) is 12.7 Å². The molecule has 3 rings (SSSR count). The third kappa shape index (κ3) is 4.24. The Morgan fingerprint density at radius 2 is 2.21 bits per heavy atom. The van der Waals surface area contributed by atoms with E-state index in [1.54, 1.807) is 24.3 Å². The monoisotopic (exact) mass is 364 g/mol. The van der Waals surface area contributed by atoms with Gasteiger partial charge in [-0.05, 0) is 24.1 Å². The number of benzene rings is 1. The Morgan fingerprint density at radius 3 is 3.04 bits per heavy atom. The number of thioether (sulfide) groups is 1. The molecule has 2 N–H and O–H groups in total. The van der Waals surface area contributed by atoms with E-state index >= 15 is 0 Å². The fourth-order valence-corrected chi connectivity index (χ4v) is 3.00. The average molecular weight is 365 g/mol. The molecule has 0 radical (unpaired) electrons. The fourth-order valence-electron chi connectivity index (χ4n) is 2.14. The highest BCUT2D eigenvalue weighted by Gasteiger charge is 2.08. The molecule has 5 nitrogen and oxygen atoms in total. The molecular weight excluding hydrogens is 351 g/mol. The summed E-state index contributed by atoms with van der Waals surface area (Å²) in [6.45, 7) is 0.387. The van der Waals surface area contributed by atoms with E-state index in [2.05, 4.69) is 20.3 Å². The van der Waals surface area contributed by atoms with Crippen molar-refractivity contribution in [1.29, 1.82) is 0 Å². The van der Waals surface area contributed by atoms with Crippen LogP contribution >= 0.6 is 23.4 Å². The second-order valence-corrected chi connectivity index (χ2v) is 6.45. The summed E-state index contributed by atoms with van der Waals surface area (Å²) in [5.74, 6) is -0.178. The van der Waals surface area contributed by atoms with Crippen LogP contribution < -0.4 is 5.32 Å². The maximum absolute atomic E-state index is 13.5. The van der Waals surface area contributed by atoms with E-state index in [9.17, 15) is 9.18 Å². The number of imidazole rings is 1. The maximum atomic E-state index is 13.5. The topological polar surface area (TPSA) is 70.7 Å². The molecule has 0 aliphatic rings. The van der Waals surface area contributed by atoms with Gasteiger partial charge in [-0.2, -0.15) is 0 Å². The number of halogens is 2. The van der Waals surface area contributed by atoms with Crippen molar-refractivity contribution in [3.63, 3.8) is 0 Å². The summed E-state index contributed by atoms with van der Waals surface area (Å²) in [6.07, 6.45) is 1.98. The lowest BCUT2D eigenvalue weighted by atomic mass is 10.1. The van der Waals surface area contributed by atoms with Gasteiger partial charge in [-0.1, -0.05) is 41.6 Å². The Hall–Kier alpha value is -2.12. The van der Waals surface area contributed by atoms with Crippen LogP contribution in [0.1, 0.15) is 5.56 Å². The summed E-state index contributed by atoms with van der Waals surface area (Å²) in [5, 5.41) is 3.89. The van der Waals surface area contributed by atoms with Crippen molar-refractivity contribution in [3.8, 4) is 0 Å². The van der Waals surface area contributed by atoms with E-state index < -0.39 is 0 Å². The van der Waals surface area contributed by atoms with Crippen LogP contribution in [-0.2, 0) is 11.2 Å². The third-order valence-corrected chi connectivity index (χ3v) is 4.38. The summed E-state index contributed by atoms with van der Waals surface area (Å²) < 4.78 is 13.5. The molecule has 2 heterocycles. The second-order valence-electron chi connectivity index (χ2n) is 5.05. The van der Waals surface area contributed by atoms with Gasteiger partial charge in [-0.25, -0.2) is 14.4 Å². The number of pyridine rings is 1. The predicted molar refractivity (Wildman–Crippen MR) is 92.7 cm³/mol. The number of nitrogens with zero attached hydrogens (tertiary/aromatic N) is 2. The van der Waals surface area contributed by atoms with Crippen molar-refractivity contribution in [1.82, 2.24) is 20.3 Å². The molecular formula is C16H14ClFN4OS. The van der Waals surface area contributed by atoms with Crippen LogP contribution in [-0.4, -0.2) is 33.2 Å². The SMILES string of the molecule is O=C(CSc1nc2ncc(Cl)cc2[nH]1)NCCc1ccccc1F. The van der Waals surface area contributed by atoms with Crippen LogP contribution in [0, 0.1) is 5.82 Å². The predicted octanol–water partition coefficient (Wildman–Crippen LogP) is 3.20. The Kier molecular flexibility index (Phi) is 5.32. The highest BCUT2D eigenvalue weighted by molar-refractivity contribution is 7.99. The van der Waals surface area contributed by atoms with Crippen LogP contribution in [0.25, 0.3) is 11.2 Å². The van der Waals surface area contributed by atoms with Crippen LogP contribution in [0.15, 0.2) is 41.7 Å². The molecule has 2 aromatic heterocycles. The zero-order chi connectivity index (χ0) is 16.9. The highest BCUT2D eigenvalue weighted by atomic mass is 35.5. The molecule has 0 aliphatic heterocycles. The molecule has 1 aromatic carbocycles. The van der Waals surface area contributed by atoms with Crippen molar-refractivity contribution in [3.05, 3.63) is 52.9 Å². The summed E-state index contributed by atoms with van der Waals surface area (Å²) in [7, 11) is 0. The van der Waals surface area contributed by atoms with Crippen molar-refractivity contribution in [2.24, 2.45) is 0 Å². The largest absolute Gasteiger partial charge is 0.355 e. The molecule has 8 heteroatoms. The van der Waals surface area contributed by atoms with Gasteiger partial charge in [0.15, 0.2) is 10.8 Å². The molecule has 0 spiro atoms.